The SMILES string of the molecule is CC(C)CC(CN)NC(=O)c1ccn(-c2ccccc2)n1. The van der Waals surface area contributed by atoms with E-state index in [-0.39, 0.29) is 11.9 Å². The minimum absolute atomic E-state index is 0.0145. The summed E-state index contributed by atoms with van der Waals surface area (Å²) in [6.07, 6.45) is 2.64. The van der Waals surface area contributed by atoms with Crippen LogP contribution in [0.2, 0.25) is 0 Å². The molecule has 0 saturated carbocycles. The molecule has 0 spiro atoms. The quantitative estimate of drug-likeness (QED) is 0.852. The molecule has 2 rings (SSSR count). The van der Waals surface area contributed by atoms with Crippen molar-refractivity contribution >= 4 is 5.91 Å². The van der Waals surface area contributed by atoms with Crippen molar-refractivity contribution in [1.29, 1.82) is 0 Å². The predicted octanol–water partition coefficient (Wildman–Crippen LogP) is 1.98. The molecule has 5 nitrogen and oxygen atoms in total. The molecular formula is C16H22N4O. The second kappa shape index (κ2) is 7.04. The monoisotopic (exact) mass is 286 g/mol. The molecule has 0 saturated heterocycles. The number of hydrogen-bond acceptors (Lipinski definition) is 3. The number of aromatic nitrogens is 2. The molecule has 0 bridgehead atoms. The fourth-order valence-corrected chi connectivity index (χ4v) is 2.21. The van der Waals surface area contributed by atoms with Crippen LogP contribution in [0.25, 0.3) is 5.69 Å². The third kappa shape index (κ3) is 4.16. The number of para-hydroxylation sites is 1. The van der Waals surface area contributed by atoms with Crippen molar-refractivity contribution in [1.82, 2.24) is 15.1 Å². The summed E-state index contributed by atoms with van der Waals surface area (Å²) in [5, 5.41) is 7.25. The molecule has 112 valence electrons. The van der Waals surface area contributed by atoms with Crippen LogP contribution in [-0.4, -0.2) is 28.3 Å². The van der Waals surface area contributed by atoms with Crippen LogP contribution in [0.1, 0.15) is 30.8 Å². The first-order valence-corrected chi connectivity index (χ1v) is 7.22. The first-order chi connectivity index (χ1) is 10.1. The van der Waals surface area contributed by atoms with Crippen LogP contribution in [0.3, 0.4) is 0 Å². The molecule has 1 atom stereocenters. The van der Waals surface area contributed by atoms with Gasteiger partial charge in [-0.15, -0.1) is 0 Å². The lowest BCUT2D eigenvalue weighted by Gasteiger charge is -2.18. The zero-order valence-corrected chi connectivity index (χ0v) is 12.5. The second-order valence-corrected chi connectivity index (χ2v) is 5.52. The Morgan fingerprint density at radius 1 is 1.29 bits per heavy atom. The molecule has 0 aliphatic carbocycles. The Balaban J connectivity index is 2.05. The molecule has 1 heterocycles. The topological polar surface area (TPSA) is 72.9 Å². The molecule has 2 aromatic rings. The summed E-state index contributed by atoms with van der Waals surface area (Å²) in [5.74, 6) is 0.307. The van der Waals surface area contributed by atoms with E-state index in [9.17, 15) is 4.79 Å². The third-order valence-electron chi connectivity index (χ3n) is 3.22. The molecule has 1 aromatic carbocycles. The van der Waals surface area contributed by atoms with Gasteiger partial charge in [-0.2, -0.15) is 5.10 Å². The highest BCUT2D eigenvalue weighted by atomic mass is 16.2. The highest BCUT2D eigenvalue weighted by Crippen LogP contribution is 2.08. The van der Waals surface area contributed by atoms with Crippen LogP contribution in [0.5, 0.6) is 0 Å². The van der Waals surface area contributed by atoms with Crippen LogP contribution in [0.4, 0.5) is 0 Å². The van der Waals surface area contributed by atoms with Gasteiger partial charge in [0.05, 0.1) is 5.69 Å². The Labute approximate surface area is 125 Å². The molecule has 0 radical (unpaired) electrons. The summed E-state index contributed by atoms with van der Waals surface area (Å²) in [6.45, 7) is 4.65. The highest BCUT2D eigenvalue weighted by molar-refractivity contribution is 5.92. The zero-order valence-electron chi connectivity index (χ0n) is 12.5. The maximum atomic E-state index is 12.2. The number of nitrogens with zero attached hydrogens (tertiary/aromatic N) is 2. The molecule has 3 N–H and O–H groups in total. The van der Waals surface area contributed by atoms with E-state index in [1.165, 1.54) is 0 Å². The fourth-order valence-electron chi connectivity index (χ4n) is 2.21. The molecule has 0 fully saturated rings. The number of rotatable bonds is 6. The number of carbonyl (C=O) groups excluding carboxylic acids is 1. The Morgan fingerprint density at radius 3 is 2.62 bits per heavy atom. The van der Waals surface area contributed by atoms with Gasteiger partial charge in [0.1, 0.15) is 0 Å². The number of benzene rings is 1. The summed E-state index contributed by atoms with van der Waals surface area (Å²) in [4.78, 5) is 12.2. The van der Waals surface area contributed by atoms with E-state index in [1.54, 1.807) is 16.9 Å². The van der Waals surface area contributed by atoms with E-state index in [0.717, 1.165) is 12.1 Å². The number of nitrogens with one attached hydrogen (secondary N) is 1. The van der Waals surface area contributed by atoms with E-state index < -0.39 is 0 Å². The standard InChI is InChI=1S/C16H22N4O/c1-12(2)10-13(11-17)18-16(21)15-8-9-20(19-15)14-6-4-3-5-7-14/h3-9,12-13H,10-11,17H2,1-2H3,(H,18,21). The van der Waals surface area contributed by atoms with E-state index in [4.69, 9.17) is 5.73 Å². The van der Waals surface area contributed by atoms with Gasteiger partial charge in [0.25, 0.3) is 5.91 Å². The number of nitrogens with two attached hydrogens (primary N) is 1. The van der Waals surface area contributed by atoms with E-state index in [0.29, 0.717) is 18.2 Å². The van der Waals surface area contributed by atoms with Crippen LogP contribution in [0.15, 0.2) is 42.6 Å². The average molecular weight is 286 g/mol. The summed E-state index contributed by atoms with van der Waals surface area (Å²) in [7, 11) is 0. The van der Waals surface area contributed by atoms with Gasteiger partial charge in [0.15, 0.2) is 5.69 Å². The molecule has 1 unspecified atom stereocenters. The summed E-state index contributed by atoms with van der Waals surface area (Å²) >= 11 is 0. The van der Waals surface area contributed by atoms with Crippen molar-refractivity contribution in [3.8, 4) is 5.69 Å². The molecular weight excluding hydrogens is 264 g/mol. The van der Waals surface area contributed by atoms with Crippen molar-refractivity contribution in [2.24, 2.45) is 11.7 Å². The lowest BCUT2D eigenvalue weighted by atomic mass is 10.0. The minimum atomic E-state index is -0.180. The smallest absolute Gasteiger partial charge is 0.272 e. The largest absolute Gasteiger partial charge is 0.347 e. The molecule has 21 heavy (non-hydrogen) atoms. The van der Waals surface area contributed by atoms with Gasteiger partial charge in [-0.3, -0.25) is 4.79 Å². The lowest BCUT2D eigenvalue weighted by Crippen LogP contribution is -2.41. The van der Waals surface area contributed by atoms with E-state index >= 15 is 0 Å². The zero-order chi connectivity index (χ0) is 15.2. The van der Waals surface area contributed by atoms with Crippen LogP contribution in [-0.2, 0) is 0 Å². The first-order valence-electron chi connectivity index (χ1n) is 7.22. The maximum absolute atomic E-state index is 12.2. The molecule has 1 amide bonds. The maximum Gasteiger partial charge on any atom is 0.272 e. The second-order valence-electron chi connectivity index (χ2n) is 5.52. The van der Waals surface area contributed by atoms with Crippen molar-refractivity contribution < 1.29 is 4.79 Å². The third-order valence-corrected chi connectivity index (χ3v) is 3.22. The van der Waals surface area contributed by atoms with Gasteiger partial charge in [0, 0.05) is 18.8 Å². The fraction of sp³-hybridized carbons (Fsp3) is 0.375. The number of hydrogen-bond donors (Lipinski definition) is 2. The Hall–Kier alpha value is -2.14. The lowest BCUT2D eigenvalue weighted by molar-refractivity contribution is 0.0928. The van der Waals surface area contributed by atoms with Gasteiger partial charge in [-0.25, -0.2) is 4.68 Å². The number of carbonyl (C=O) groups is 1. The molecule has 5 heteroatoms. The van der Waals surface area contributed by atoms with Crippen LogP contribution in [0, 0.1) is 5.92 Å². The van der Waals surface area contributed by atoms with Crippen molar-refractivity contribution in [3.63, 3.8) is 0 Å². The summed E-state index contributed by atoms with van der Waals surface area (Å²) in [5.41, 5.74) is 7.03. The van der Waals surface area contributed by atoms with Gasteiger partial charge < -0.3 is 11.1 Å². The predicted molar refractivity (Wildman–Crippen MR) is 83.3 cm³/mol. The Kier molecular flexibility index (Phi) is 5.11. The Morgan fingerprint density at radius 2 is 2.00 bits per heavy atom. The minimum Gasteiger partial charge on any atom is -0.347 e. The van der Waals surface area contributed by atoms with E-state index in [1.807, 2.05) is 30.3 Å². The van der Waals surface area contributed by atoms with E-state index in [2.05, 4.69) is 24.3 Å². The van der Waals surface area contributed by atoms with Gasteiger partial charge >= 0.3 is 0 Å². The average Bonchev–Trinajstić information content (AvgIpc) is 2.97. The molecule has 1 aromatic heterocycles. The van der Waals surface area contributed by atoms with Crippen molar-refractivity contribution in [2.75, 3.05) is 6.54 Å². The highest BCUT2D eigenvalue weighted by Gasteiger charge is 2.16. The molecule has 0 aliphatic heterocycles. The van der Waals surface area contributed by atoms with Gasteiger partial charge in [-0.05, 0) is 30.5 Å². The van der Waals surface area contributed by atoms with Gasteiger partial charge in [0.2, 0.25) is 0 Å². The first kappa shape index (κ1) is 15.3. The Bertz CT molecular complexity index is 577. The molecule has 0 aliphatic rings. The normalized spacial score (nSPS) is 12.4. The number of amides is 1. The summed E-state index contributed by atoms with van der Waals surface area (Å²) < 4.78 is 1.69. The van der Waals surface area contributed by atoms with Crippen LogP contribution >= 0.6 is 0 Å². The van der Waals surface area contributed by atoms with Crippen molar-refractivity contribution in [2.45, 2.75) is 26.3 Å². The summed E-state index contributed by atoms with van der Waals surface area (Å²) in [6, 6.07) is 11.4. The van der Waals surface area contributed by atoms with Crippen molar-refractivity contribution in [3.05, 3.63) is 48.3 Å². The van der Waals surface area contributed by atoms with Crippen LogP contribution < -0.4 is 11.1 Å². The van der Waals surface area contributed by atoms with Gasteiger partial charge in [-0.1, -0.05) is 32.0 Å².